The van der Waals surface area contributed by atoms with E-state index in [2.05, 4.69) is 0 Å². The maximum atomic E-state index is 12.8. The van der Waals surface area contributed by atoms with Crippen LogP contribution in [0.15, 0.2) is 23.1 Å². The number of sulfone groups is 1. The van der Waals surface area contributed by atoms with E-state index in [1.807, 2.05) is 0 Å². The Labute approximate surface area is 112 Å². The van der Waals surface area contributed by atoms with Crippen molar-refractivity contribution >= 4 is 27.3 Å². The van der Waals surface area contributed by atoms with Gasteiger partial charge in [-0.05, 0) is 39.0 Å². The van der Waals surface area contributed by atoms with Crippen molar-refractivity contribution in [3.05, 3.63) is 24.0 Å². The minimum atomic E-state index is -3.12. The Balaban J connectivity index is 2.63. The van der Waals surface area contributed by atoms with Gasteiger partial charge >= 0.3 is 0 Å². The summed E-state index contributed by atoms with van der Waals surface area (Å²) in [7, 11) is -3.12. The second-order valence-electron chi connectivity index (χ2n) is 4.96. The minimum absolute atomic E-state index is 0.0813. The van der Waals surface area contributed by atoms with Gasteiger partial charge in [-0.2, -0.15) is 0 Å². The van der Waals surface area contributed by atoms with Crippen molar-refractivity contribution in [1.82, 2.24) is 0 Å². The Kier molecular flexibility index (Phi) is 4.66. The van der Waals surface area contributed by atoms with E-state index in [9.17, 15) is 12.8 Å². The molecule has 0 fully saturated rings. The summed E-state index contributed by atoms with van der Waals surface area (Å²) in [4.78, 5) is 0.709. The van der Waals surface area contributed by atoms with Gasteiger partial charge in [0.05, 0.1) is 10.5 Å². The molecule has 0 saturated heterocycles. The third kappa shape index (κ3) is 3.88. The molecule has 18 heavy (non-hydrogen) atoms. The van der Waals surface area contributed by atoms with Crippen LogP contribution in [0.1, 0.15) is 20.8 Å². The summed E-state index contributed by atoms with van der Waals surface area (Å²) in [6.07, 6.45) is 0. The number of nitrogens with two attached hydrogens (primary N) is 1. The zero-order valence-electron chi connectivity index (χ0n) is 10.7. The first-order valence-corrected chi connectivity index (χ1v) is 8.17. The SMILES string of the molecule is CC(C)(C)S(=O)(=O)CCSc1ccc(F)cc1N. The van der Waals surface area contributed by atoms with E-state index in [0.717, 1.165) is 0 Å². The molecule has 2 N–H and O–H groups in total. The van der Waals surface area contributed by atoms with Crippen LogP contribution in [0.5, 0.6) is 0 Å². The Morgan fingerprint density at radius 2 is 1.94 bits per heavy atom. The molecule has 0 radical (unpaired) electrons. The molecule has 1 rings (SSSR count). The lowest BCUT2D eigenvalue weighted by Crippen LogP contribution is -2.31. The van der Waals surface area contributed by atoms with Gasteiger partial charge in [0.2, 0.25) is 0 Å². The Morgan fingerprint density at radius 1 is 1.33 bits per heavy atom. The lowest BCUT2D eigenvalue weighted by Gasteiger charge is -2.18. The molecule has 0 bridgehead atoms. The first-order valence-electron chi connectivity index (χ1n) is 5.53. The lowest BCUT2D eigenvalue weighted by molar-refractivity contribution is 0.562. The molecule has 0 aliphatic rings. The normalized spacial score (nSPS) is 12.7. The number of halogens is 1. The Bertz CT molecular complexity index is 521. The van der Waals surface area contributed by atoms with Gasteiger partial charge < -0.3 is 5.73 Å². The number of benzene rings is 1. The van der Waals surface area contributed by atoms with E-state index in [-0.39, 0.29) is 11.6 Å². The standard InChI is InChI=1S/C12H18FNO2S2/c1-12(2,3)18(15,16)7-6-17-11-5-4-9(13)8-10(11)14/h4-5,8H,6-7,14H2,1-3H3. The van der Waals surface area contributed by atoms with Crippen LogP contribution in [-0.2, 0) is 9.84 Å². The predicted molar refractivity (Wildman–Crippen MR) is 75.1 cm³/mol. The molecule has 0 unspecified atom stereocenters. The number of rotatable bonds is 4. The van der Waals surface area contributed by atoms with Crippen molar-refractivity contribution in [2.45, 2.75) is 30.4 Å². The number of thioether (sulfide) groups is 1. The summed E-state index contributed by atoms with van der Waals surface area (Å²) in [5.74, 6) is 0.104. The van der Waals surface area contributed by atoms with Gasteiger partial charge in [0.25, 0.3) is 0 Å². The summed E-state index contributed by atoms with van der Waals surface area (Å²) in [5.41, 5.74) is 5.99. The fourth-order valence-corrected chi connectivity index (χ4v) is 3.65. The van der Waals surface area contributed by atoms with Crippen molar-refractivity contribution in [3.63, 3.8) is 0 Å². The van der Waals surface area contributed by atoms with Crippen LogP contribution in [0, 0.1) is 5.82 Å². The highest BCUT2D eigenvalue weighted by molar-refractivity contribution is 8.01. The van der Waals surface area contributed by atoms with Crippen molar-refractivity contribution in [3.8, 4) is 0 Å². The summed E-state index contributed by atoms with van der Waals surface area (Å²) in [6.45, 7) is 5.04. The van der Waals surface area contributed by atoms with Gasteiger partial charge in [0.15, 0.2) is 9.84 Å². The fraction of sp³-hybridized carbons (Fsp3) is 0.500. The van der Waals surface area contributed by atoms with E-state index in [1.165, 1.54) is 23.9 Å². The van der Waals surface area contributed by atoms with Gasteiger partial charge in [0.1, 0.15) is 5.82 Å². The average molecular weight is 291 g/mol. The molecular formula is C12H18FNO2S2. The van der Waals surface area contributed by atoms with Crippen LogP contribution in [0.2, 0.25) is 0 Å². The summed E-state index contributed by atoms with van der Waals surface area (Å²) in [6, 6.07) is 4.12. The second kappa shape index (κ2) is 5.48. The van der Waals surface area contributed by atoms with Crippen LogP contribution in [-0.4, -0.2) is 24.7 Å². The average Bonchev–Trinajstić information content (AvgIpc) is 2.19. The topological polar surface area (TPSA) is 60.2 Å². The number of hydrogen-bond donors (Lipinski definition) is 1. The Morgan fingerprint density at radius 3 is 2.44 bits per heavy atom. The molecule has 0 aliphatic carbocycles. The molecule has 0 heterocycles. The highest BCUT2D eigenvalue weighted by Gasteiger charge is 2.28. The minimum Gasteiger partial charge on any atom is -0.398 e. The van der Waals surface area contributed by atoms with E-state index in [1.54, 1.807) is 26.8 Å². The zero-order valence-corrected chi connectivity index (χ0v) is 12.4. The lowest BCUT2D eigenvalue weighted by atomic mass is 10.3. The number of hydrogen-bond acceptors (Lipinski definition) is 4. The molecule has 1 aromatic carbocycles. The molecule has 0 spiro atoms. The van der Waals surface area contributed by atoms with E-state index in [0.29, 0.717) is 16.3 Å². The maximum absolute atomic E-state index is 12.8. The molecule has 0 atom stereocenters. The van der Waals surface area contributed by atoms with E-state index in [4.69, 9.17) is 5.73 Å². The van der Waals surface area contributed by atoms with Gasteiger partial charge in [-0.15, -0.1) is 11.8 Å². The van der Waals surface area contributed by atoms with Crippen LogP contribution >= 0.6 is 11.8 Å². The van der Waals surface area contributed by atoms with Gasteiger partial charge in [0, 0.05) is 16.3 Å². The zero-order chi connectivity index (χ0) is 14.0. The number of nitrogen functional groups attached to an aromatic ring is 1. The summed E-state index contributed by atoms with van der Waals surface area (Å²) in [5, 5.41) is 0. The van der Waals surface area contributed by atoms with E-state index >= 15 is 0 Å². The molecule has 0 aliphatic heterocycles. The molecule has 102 valence electrons. The third-order valence-electron chi connectivity index (χ3n) is 2.51. The quantitative estimate of drug-likeness (QED) is 0.684. The highest BCUT2D eigenvalue weighted by Crippen LogP contribution is 2.26. The van der Waals surface area contributed by atoms with Gasteiger partial charge in [-0.3, -0.25) is 0 Å². The summed E-state index contributed by atoms with van der Waals surface area (Å²) < 4.78 is 35.8. The van der Waals surface area contributed by atoms with Crippen LogP contribution in [0.25, 0.3) is 0 Å². The van der Waals surface area contributed by atoms with Crippen molar-refractivity contribution in [2.75, 3.05) is 17.2 Å². The maximum Gasteiger partial charge on any atom is 0.156 e. The monoisotopic (exact) mass is 291 g/mol. The second-order valence-corrected chi connectivity index (χ2v) is 8.96. The molecule has 1 aromatic rings. The van der Waals surface area contributed by atoms with Crippen molar-refractivity contribution in [1.29, 1.82) is 0 Å². The molecule has 6 heteroatoms. The predicted octanol–water partition coefficient (Wildman–Crippen LogP) is 2.71. The summed E-state index contributed by atoms with van der Waals surface area (Å²) >= 11 is 1.33. The van der Waals surface area contributed by atoms with Gasteiger partial charge in [-0.25, -0.2) is 12.8 Å². The van der Waals surface area contributed by atoms with Crippen molar-refractivity contribution < 1.29 is 12.8 Å². The largest absolute Gasteiger partial charge is 0.398 e. The first kappa shape index (κ1) is 15.3. The molecule has 0 aromatic heterocycles. The van der Waals surface area contributed by atoms with Gasteiger partial charge in [-0.1, -0.05) is 0 Å². The number of anilines is 1. The fourth-order valence-electron chi connectivity index (χ4n) is 1.22. The Hall–Kier alpha value is -0.750. The van der Waals surface area contributed by atoms with Crippen molar-refractivity contribution in [2.24, 2.45) is 0 Å². The highest BCUT2D eigenvalue weighted by atomic mass is 32.2. The van der Waals surface area contributed by atoms with Crippen LogP contribution in [0.3, 0.4) is 0 Å². The smallest absolute Gasteiger partial charge is 0.156 e. The van der Waals surface area contributed by atoms with Crippen LogP contribution in [0.4, 0.5) is 10.1 Å². The molecule has 0 saturated carbocycles. The first-order chi connectivity index (χ1) is 8.13. The molecule has 0 amide bonds. The molecule has 3 nitrogen and oxygen atoms in total. The third-order valence-corrected chi connectivity index (χ3v) is 6.47. The van der Waals surface area contributed by atoms with E-state index < -0.39 is 14.6 Å². The molecular weight excluding hydrogens is 273 g/mol. The van der Waals surface area contributed by atoms with Crippen LogP contribution < -0.4 is 5.73 Å².